The number of nitrogens with one attached hydrogen (secondary N) is 1. The van der Waals surface area contributed by atoms with E-state index in [4.69, 9.17) is 0 Å². The first-order valence-corrected chi connectivity index (χ1v) is 3.20. The Balaban J connectivity index is 3.02. The Hall–Kier alpha value is -1.24. The molecule has 1 heteroatoms. The van der Waals surface area contributed by atoms with Crippen LogP contribution in [0.4, 0.5) is 0 Å². The molecule has 0 spiro atoms. The molecule has 1 rings (SSSR count). The SMILES string of the molecule is C=CC1=C(C=C)C(=C)CN1. The predicted octanol–water partition coefficient (Wildman–Crippen LogP) is 1.77. The van der Waals surface area contributed by atoms with E-state index < -0.39 is 0 Å². The van der Waals surface area contributed by atoms with E-state index in [0.717, 1.165) is 23.4 Å². The molecule has 1 aliphatic heterocycles. The summed E-state index contributed by atoms with van der Waals surface area (Å²) in [5, 5.41) is 3.15. The van der Waals surface area contributed by atoms with Gasteiger partial charge in [0.05, 0.1) is 0 Å². The van der Waals surface area contributed by atoms with Crippen LogP contribution in [0, 0.1) is 0 Å². The third kappa shape index (κ3) is 0.903. The fourth-order valence-electron chi connectivity index (χ4n) is 1.02. The van der Waals surface area contributed by atoms with Crippen LogP contribution in [0.3, 0.4) is 0 Å². The second-order valence-electron chi connectivity index (χ2n) is 2.19. The Morgan fingerprint density at radius 2 is 2.00 bits per heavy atom. The third-order valence-electron chi connectivity index (χ3n) is 1.57. The van der Waals surface area contributed by atoms with Crippen LogP contribution in [-0.2, 0) is 0 Å². The zero-order chi connectivity index (χ0) is 7.56. The molecule has 0 amide bonds. The summed E-state index contributed by atoms with van der Waals surface area (Å²) in [7, 11) is 0. The Labute approximate surface area is 61.4 Å². The summed E-state index contributed by atoms with van der Waals surface area (Å²) in [5.41, 5.74) is 3.22. The first kappa shape index (κ1) is 6.87. The average Bonchev–Trinajstić information content (AvgIpc) is 2.30. The summed E-state index contributed by atoms with van der Waals surface area (Å²) in [5.74, 6) is 0. The molecule has 0 aromatic rings. The fourth-order valence-corrected chi connectivity index (χ4v) is 1.02. The predicted molar refractivity (Wildman–Crippen MR) is 44.6 cm³/mol. The van der Waals surface area contributed by atoms with Crippen LogP contribution in [0.2, 0.25) is 0 Å². The summed E-state index contributed by atoms with van der Waals surface area (Å²) < 4.78 is 0. The van der Waals surface area contributed by atoms with Gasteiger partial charge in [-0.15, -0.1) is 0 Å². The lowest BCUT2D eigenvalue weighted by Gasteiger charge is -1.93. The smallest absolute Gasteiger partial charge is 0.0413 e. The Morgan fingerprint density at radius 3 is 2.40 bits per heavy atom. The normalized spacial score (nSPS) is 17.0. The standard InChI is InChI=1S/C9H11N/c1-4-8-7(3)6-10-9(8)5-2/h4-5,10H,1-3,6H2. The van der Waals surface area contributed by atoms with E-state index in [9.17, 15) is 0 Å². The number of rotatable bonds is 2. The van der Waals surface area contributed by atoms with E-state index in [1.165, 1.54) is 0 Å². The van der Waals surface area contributed by atoms with Gasteiger partial charge in [-0.25, -0.2) is 0 Å². The molecule has 0 saturated carbocycles. The molecular formula is C9H11N. The van der Waals surface area contributed by atoms with Crippen molar-refractivity contribution < 1.29 is 0 Å². The van der Waals surface area contributed by atoms with Crippen molar-refractivity contribution in [1.29, 1.82) is 0 Å². The van der Waals surface area contributed by atoms with Crippen LogP contribution in [0.15, 0.2) is 48.7 Å². The molecule has 0 aliphatic carbocycles. The van der Waals surface area contributed by atoms with Gasteiger partial charge >= 0.3 is 0 Å². The lowest BCUT2D eigenvalue weighted by molar-refractivity contribution is 0.967. The van der Waals surface area contributed by atoms with Crippen molar-refractivity contribution in [3.05, 3.63) is 48.7 Å². The van der Waals surface area contributed by atoms with Crippen molar-refractivity contribution in [2.45, 2.75) is 0 Å². The van der Waals surface area contributed by atoms with Gasteiger partial charge in [-0.3, -0.25) is 0 Å². The average molecular weight is 133 g/mol. The second-order valence-corrected chi connectivity index (χ2v) is 2.19. The minimum atomic E-state index is 0.822. The molecule has 0 atom stereocenters. The topological polar surface area (TPSA) is 12.0 Å². The minimum absolute atomic E-state index is 0.822. The molecule has 0 aromatic heterocycles. The van der Waals surface area contributed by atoms with Crippen molar-refractivity contribution in [2.75, 3.05) is 6.54 Å². The van der Waals surface area contributed by atoms with E-state index in [0.29, 0.717) is 0 Å². The van der Waals surface area contributed by atoms with E-state index in [-0.39, 0.29) is 0 Å². The highest BCUT2D eigenvalue weighted by molar-refractivity contribution is 5.49. The first-order chi connectivity index (χ1) is 4.79. The molecule has 0 fully saturated rings. The highest BCUT2D eigenvalue weighted by Gasteiger charge is 2.10. The summed E-state index contributed by atoms with van der Waals surface area (Å²) in [6, 6.07) is 0. The van der Waals surface area contributed by atoms with Gasteiger partial charge in [-0.1, -0.05) is 25.8 Å². The van der Waals surface area contributed by atoms with Gasteiger partial charge in [-0.2, -0.15) is 0 Å². The van der Waals surface area contributed by atoms with E-state index in [1.807, 2.05) is 0 Å². The highest BCUT2D eigenvalue weighted by atomic mass is 14.9. The molecule has 0 saturated heterocycles. The Kier molecular flexibility index (Phi) is 1.76. The van der Waals surface area contributed by atoms with E-state index in [1.54, 1.807) is 12.2 Å². The fraction of sp³-hybridized carbons (Fsp3) is 0.111. The van der Waals surface area contributed by atoms with Crippen molar-refractivity contribution in [1.82, 2.24) is 5.32 Å². The lowest BCUT2D eigenvalue weighted by atomic mass is 10.1. The van der Waals surface area contributed by atoms with Gasteiger partial charge in [-0.05, 0) is 11.6 Å². The lowest BCUT2D eigenvalue weighted by Crippen LogP contribution is -2.05. The van der Waals surface area contributed by atoms with E-state index in [2.05, 4.69) is 25.1 Å². The summed E-state index contributed by atoms with van der Waals surface area (Å²) in [6.07, 6.45) is 3.59. The van der Waals surface area contributed by atoms with Gasteiger partial charge < -0.3 is 5.32 Å². The summed E-state index contributed by atoms with van der Waals surface area (Å²) in [4.78, 5) is 0. The van der Waals surface area contributed by atoms with Crippen LogP contribution >= 0.6 is 0 Å². The van der Waals surface area contributed by atoms with Crippen LogP contribution in [0.25, 0.3) is 0 Å². The quantitative estimate of drug-likeness (QED) is 0.605. The second kappa shape index (κ2) is 2.56. The van der Waals surface area contributed by atoms with Crippen molar-refractivity contribution in [2.24, 2.45) is 0 Å². The number of hydrogen-bond acceptors (Lipinski definition) is 1. The van der Waals surface area contributed by atoms with Gasteiger partial charge in [0.25, 0.3) is 0 Å². The van der Waals surface area contributed by atoms with Crippen LogP contribution < -0.4 is 5.32 Å². The van der Waals surface area contributed by atoms with Gasteiger partial charge in [0.15, 0.2) is 0 Å². The maximum atomic E-state index is 3.87. The maximum absolute atomic E-state index is 3.87. The van der Waals surface area contributed by atoms with Crippen molar-refractivity contribution >= 4 is 0 Å². The van der Waals surface area contributed by atoms with Crippen molar-refractivity contribution in [3.63, 3.8) is 0 Å². The zero-order valence-electron chi connectivity index (χ0n) is 5.98. The molecule has 1 N–H and O–H groups in total. The van der Waals surface area contributed by atoms with Gasteiger partial charge in [0.2, 0.25) is 0 Å². The molecule has 52 valence electrons. The Morgan fingerprint density at radius 1 is 1.30 bits per heavy atom. The minimum Gasteiger partial charge on any atom is -0.380 e. The molecule has 0 bridgehead atoms. The zero-order valence-corrected chi connectivity index (χ0v) is 5.98. The monoisotopic (exact) mass is 133 g/mol. The molecule has 0 unspecified atom stereocenters. The maximum Gasteiger partial charge on any atom is 0.0413 e. The number of hydrogen-bond donors (Lipinski definition) is 1. The van der Waals surface area contributed by atoms with E-state index >= 15 is 0 Å². The first-order valence-electron chi connectivity index (χ1n) is 3.20. The molecule has 1 aliphatic rings. The molecular weight excluding hydrogens is 122 g/mol. The molecule has 10 heavy (non-hydrogen) atoms. The van der Waals surface area contributed by atoms with Crippen molar-refractivity contribution in [3.8, 4) is 0 Å². The third-order valence-corrected chi connectivity index (χ3v) is 1.57. The summed E-state index contributed by atoms with van der Waals surface area (Å²) >= 11 is 0. The van der Waals surface area contributed by atoms with Crippen LogP contribution in [0.1, 0.15) is 0 Å². The molecule has 0 radical (unpaired) electrons. The van der Waals surface area contributed by atoms with Crippen LogP contribution in [0.5, 0.6) is 0 Å². The van der Waals surface area contributed by atoms with Gasteiger partial charge in [0, 0.05) is 17.8 Å². The van der Waals surface area contributed by atoms with Gasteiger partial charge in [0.1, 0.15) is 0 Å². The summed E-state index contributed by atoms with van der Waals surface area (Å²) in [6.45, 7) is 12.0. The van der Waals surface area contributed by atoms with Crippen LogP contribution in [-0.4, -0.2) is 6.54 Å². The Bertz CT molecular complexity index is 221. The highest BCUT2D eigenvalue weighted by Crippen LogP contribution is 2.18. The molecule has 1 heterocycles. The molecule has 0 aromatic carbocycles. The molecule has 1 nitrogen and oxygen atoms in total. The largest absolute Gasteiger partial charge is 0.380 e. The number of allylic oxidation sites excluding steroid dienone is 2.